The lowest BCUT2D eigenvalue weighted by molar-refractivity contribution is -0.153. The van der Waals surface area contributed by atoms with E-state index in [1.807, 2.05) is 0 Å². The lowest BCUT2D eigenvalue weighted by Gasteiger charge is -2.38. The standard InChI is InChI=1S/C20H27ClN2O5S/c1-28-19(25)20(11-3-2-4-12-20)22-18(24)15-6-5-13-23(14-15)29(26,27)17-9-7-16(21)8-10-17/h7-10,15H,2-6,11-14H2,1H3,(H,22,24)/t15-/m0/s1. The van der Waals surface area contributed by atoms with Crippen LogP contribution in [-0.2, 0) is 24.3 Å². The normalized spacial score (nSPS) is 22.6. The van der Waals surface area contributed by atoms with E-state index in [1.165, 1.54) is 35.7 Å². The summed E-state index contributed by atoms with van der Waals surface area (Å²) in [6.07, 6.45) is 4.96. The van der Waals surface area contributed by atoms with Crippen LogP contribution in [0.5, 0.6) is 0 Å². The molecule has 1 heterocycles. The zero-order valence-electron chi connectivity index (χ0n) is 16.5. The van der Waals surface area contributed by atoms with Gasteiger partial charge in [0.2, 0.25) is 15.9 Å². The van der Waals surface area contributed by atoms with E-state index in [0.717, 1.165) is 19.3 Å². The molecule has 0 radical (unpaired) electrons. The van der Waals surface area contributed by atoms with Crippen LogP contribution in [0.3, 0.4) is 0 Å². The molecule has 3 rings (SSSR count). The van der Waals surface area contributed by atoms with Crippen LogP contribution < -0.4 is 5.32 Å². The van der Waals surface area contributed by atoms with Crippen LogP contribution >= 0.6 is 11.6 Å². The Bertz CT molecular complexity index is 850. The third-order valence-corrected chi connectivity index (χ3v) is 7.98. The van der Waals surface area contributed by atoms with Gasteiger partial charge in [-0.25, -0.2) is 13.2 Å². The number of carbonyl (C=O) groups is 2. The molecule has 1 saturated carbocycles. The Hall–Kier alpha value is -1.64. The molecule has 1 aromatic carbocycles. The number of halogens is 1. The maximum Gasteiger partial charge on any atom is 0.331 e. The van der Waals surface area contributed by atoms with Crippen LogP contribution in [0.1, 0.15) is 44.9 Å². The van der Waals surface area contributed by atoms with Crippen LogP contribution in [0, 0.1) is 5.92 Å². The number of esters is 1. The van der Waals surface area contributed by atoms with Crippen molar-refractivity contribution in [2.45, 2.75) is 55.4 Å². The number of hydrogen-bond donors (Lipinski definition) is 1. The Morgan fingerprint density at radius 3 is 2.41 bits per heavy atom. The number of hydrogen-bond acceptors (Lipinski definition) is 5. The van der Waals surface area contributed by atoms with E-state index in [-0.39, 0.29) is 17.3 Å². The third-order valence-electron chi connectivity index (χ3n) is 5.85. The van der Waals surface area contributed by atoms with E-state index in [4.69, 9.17) is 16.3 Å². The Morgan fingerprint density at radius 2 is 1.79 bits per heavy atom. The summed E-state index contributed by atoms with van der Waals surface area (Å²) < 4.78 is 32.2. The minimum atomic E-state index is -3.71. The zero-order valence-corrected chi connectivity index (χ0v) is 18.1. The van der Waals surface area contributed by atoms with Crippen molar-refractivity contribution in [3.8, 4) is 0 Å². The Kier molecular flexibility index (Phi) is 6.86. The van der Waals surface area contributed by atoms with Gasteiger partial charge in [-0.3, -0.25) is 4.79 Å². The van der Waals surface area contributed by atoms with E-state index < -0.39 is 27.4 Å². The van der Waals surface area contributed by atoms with Gasteiger partial charge in [0.1, 0.15) is 5.54 Å². The first-order valence-corrected chi connectivity index (χ1v) is 11.8. The summed E-state index contributed by atoms with van der Waals surface area (Å²) in [6.45, 7) is 0.449. The van der Waals surface area contributed by atoms with Gasteiger partial charge < -0.3 is 10.1 Å². The van der Waals surface area contributed by atoms with E-state index in [9.17, 15) is 18.0 Å². The van der Waals surface area contributed by atoms with Crippen LogP contribution in [0.4, 0.5) is 0 Å². The fourth-order valence-corrected chi connectivity index (χ4v) is 5.85. The molecule has 1 atom stereocenters. The van der Waals surface area contributed by atoms with Crippen LogP contribution in [0.25, 0.3) is 0 Å². The number of methoxy groups -OCH3 is 1. The SMILES string of the molecule is COC(=O)C1(NC(=O)[C@H]2CCCN(S(=O)(=O)c3ccc(Cl)cc3)C2)CCCCC1. The predicted molar refractivity (Wildman–Crippen MR) is 109 cm³/mol. The van der Waals surface area contributed by atoms with Crippen LogP contribution in [0.15, 0.2) is 29.2 Å². The lowest BCUT2D eigenvalue weighted by atomic mass is 9.81. The van der Waals surface area contributed by atoms with E-state index in [1.54, 1.807) is 0 Å². The molecule has 1 saturated heterocycles. The maximum absolute atomic E-state index is 13.0. The average Bonchev–Trinajstić information content (AvgIpc) is 2.74. The number of ether oxygens (including phenoxy) is 1. The first kappa shape index (κ1) is 22.1. The molecule has 29 heavy (non-hydrogen) atoms. The van der Waals surface area contributed by atoms with Gasteiger partial charge in [-0.15, -0.1) is 0 Å². The number of piperidine rings is 1. The summed E-state index contributed by atoms with van der Waals surface area (Å²) in [5.41, 5.74) is -0.999. The van der Waals surface area contributed by atoms with Crippen molar-refractivity contribution >= 4 is 33.5 Å². The number of nitrogens with zero attached hydrogens (tertiary/aromatic N) is 1. The van der Waals surface area contributed by atoms with Crippen molar-refractivity contribution in [3.63, 3.8) is 0 Å². The van der Waals surface area contributed by atoms with E-state index >= 15 is 0 Å². The molecular weight excluding hydrogens is 416 g/mol. The van der Waals surface area contributed by atoms with Gasteiger partial charge in [-0.05, 0) is 49.9 Å². The maximum atomic E-state index is 13.0. The number of sulfonamides is 1. The molecule has 1 aliphatic heterocycles. The molecule has 7 nitrogen and oxygen atoms in total. The Labute approximate surface area is 176 Å². The van der Waals surface area contributed by atoms with Crippen molar-refractivity contribution in [2.24, 2.45) is 5.92 Å². The molecule has 9 heteroatoms. The molecule has 0 aromatic heterocycles. The summed E-state index contributed by atoms with van der Waals surface area (Å²) >= 11 is 5.86. The van der Waals surface area contributed by atoms with Crippen molar-refractivity contribution < 1.29 is 22.7 Å². The Morgan fingerprint density at radius 1 is 1.14 bits per heavy atom. The summed E-state index contributed by atoms with van der Waals surface area (Å²) in [7, 11) is -2.39. The predicted octanol–water partition coefficient (Wildman–Crippen LogP) is 2.73. The minimum absolute atomic E-state index is 0.0913. The van der Waals surface area contributed by atoms with Gasteiger partial charge in [-0.1, -0.05) is 30.9 Å². The van der Waals surface area contributed by atoms with Crippen molar-refractivity contribution in [1.82, 2.24) is 9.62 Å². The highest BCUT2D eigenvalue weighted by Crippen LogP contribution is 2.31. The van der Waals surface area contributed by atoms with Gasteiger partial charge in [0.25, 0.3) is 0 Å². The number of benzene rings is 1. The molecule has 0 bridgehead atoms. The minimum Gasteiger partial charge on any atom is -0.467 e. The number of rotatable bonds is 5. The van der Waals surface area contributed by atoms with E-state index in [0.29, 0.717) is 37.3 Å². The number of amides is 1. The van der Waals surface area contributed by atoms with E-state index in [2.05, 4.69) is 5.32 Å². The van der Waals surface area contributed by atoms with Gasteiger partial charge >= 0.3 is 5.97 Å². The molecule has 1 aliphatic carbocycles. The molecular formula is C20H27ClN2O5S. The zero-order chi connectivity index (χ0) is 21.1. The molecule has 1 aromatic rings. The largest absolute Gasteiger partial charge is 0.467 e. The molecule has 2 fully saturated rings. The van der Waals surface area contributed by atoms with Crippen LogP contribution in [0.2, 0.25) is 5.02 Å². The van der Waals surface area contributed by atoms with Gasteiger partial charge in [0.05, 0.1) is 17.9 Å². The highest BCUT2D eigenvalue weighted by Gasteiger charge is 2.44. The smallest absolute Gasteiger partial charge is 0.331 e. The fraction of sp³-hybridized carbons (Fsp3) is 0.600. The lowest BCUT2D eigenvalue weighted by Crippen LogP contribution is -2.58. The summed E-state index contributed by atoms with van der Waals surface area (Å²) in [5.74, 6) is -1.21. The summed E-state index contributed by atoms with van der Waals surface area (Å²) in [6, 6.07) is 6.00. The first-order chi connectivity index (χ1) is 13.8. The monoisotopic (exact) mass is 442 g/mol. The summed E-state index contributed by atoms with van der Waals surface area (Å²) in [4.78, 5) is 25.5. The first-order valence-electron chi connectivity index (χ1n) is 9.95. The average molecular weight is 443 g/mol. The number of carbonyl (C=O) groups excluding carboxylic acids is 2. The van der Waals surface area contributed by atoms with Crippen molar-refractivity contribution in [1.29, 1.82) is 0 Å². The second-order valence-corrected chi connectivity index (χ2v) is 10.2. The van der Waals surface area contributed by atoms with Crippen molar-refractivity contribution in [2.75, 3.05) is 20.2 Å². The molecule has 1 N–H and O–H groups in total. The van der Waals surface area contributed by atoms with Gasteiger partial charge in [0.15, 0.2) is 0 Å². The van der Waals surface area contributed by atoms with Gasteiger partial charge in [-0.2, -0.15) is 4.31 Å². The molecule has 2 aliphatic rings. The number of nitrogens with one attached hydrogen (secondary N) is 1. The molecule has 1 amide bonds. The Balaban J connectivity index is 1.73. The summed E-state index contributed by atoms with van der Waals surface area (Å²) in [5, 5.41) is 3.38. The highest BCUT2D eigenvalue weighted by atomic mass is 35.5. The van der Waals surface area contributed by atoms with Gasteiger partial charge in [0, 0.05) is 18.1 Å². The molecule has 160 valence electrons. The molecule has 0 unspecified atom stereocenters. The topological polar surface area (TPSA) is 92.8 Å². The quantitative estimate of drug-likeness (QED) is 0.708. The molecule has 0 spiro atoms. The third kappa shape index (κ3) is 4.75. The van der Waals surface area contributed by atoms with Crippen molar-refractivity contribution in [3.05, 3.63) is 29.3 Å². The second kappa shape index (κ2) is 9.02. The highest BCUT2D eigenvalue weighted by molar-refractivity contribution is 7.89. The second-order valence-electron chi connectivity index (χ2n) is 7.78. The fourth-order valence-electron chi connectivity index (χ4n) is 4.20. The van der Waals surface area contributed by atoms with Crippen LogP contribution in [-0.4, -0.2) is 50.3 Å².